The summed E-state index contributed by atoms with van der Waals surface area (Å²) in [7, 11) is 4.67. The number of amides is 3. The SMILES string of the molecule is CNC(=O)Nc1ccc(NC(=O)c2cn(-c3ccccc3)nc2-c2cc(OC)ccc2OC)cc1. The first-order chi connectivity index (χ1) is 17.0. The average Bonchev–Trinajstić information content (AvgIpc) is 3.35. The van der Waals surface area contributed by atoms with Crippen molar-refractivity contribution in [3.63, 3.8) is 0 Å². The fourth-order valence-corrected chi connectivity index (χ4v) is 3.48. The molecule has 0 spiro atoms. The van der Waals surface area contributed by atoms with E-state index in [0.29, 0.717) is 39.7 Å². The third kappa shape index (κ3) is 5.25. The Kier molecular flexibility index (Phi) is 6.96. The summed E-state index contributed by atoms with van der Waals surface area (Å²) in [5.41, 5.74) is 3.39. The van der Waals surface area contributed by atoms with Crippen LogP contribution in [0.4, 0.5) is 16.2 Å². The van der Waals surface area contributed by atoms with Gasteiger partial charge in [0, 0.05) is 30.2 Å². The molecule has 0 saturated heterocycles. The molecule has 4 aromatic rings. The normalized spacial score (nSPS) is 10.4. The maximum Gasteiger partial charge on any atom is 0.318 e. The number of hydrogen-bond acceptors (Lipinski definition) is 5. The zero-order chi connectivity index (χ0) is 24.8. The Labute approximate surface area is 202 Å². The fraction of sp³-hybridized carbons (Fsp3) is 0.115. The second-order valence-corrected chi connectivity index (χ2v) is 7.47. The van der Waals surface area contributed by atoms with Gasteiger partial charge in [-0.25, -0.2) is 9.48 Å². The Balaban J connectivity index is 1.71. The van der Waals surface area contributed by atoms with E-state index < -0.39 is 0 Å². The molecule has 0 aliphatic heterocycles. The van der Waals surface area contributed by atoms with Crippen LogP contribution in [0.25, 0.3) is 16.9 Å². The van der Waals surface area contributed by atoms with Crippen molar-refractivity contribution < 1.29 is 19.1 Å². The Hall–Kier alpha value is -4.79. The van der Waals surface area contributed by atoms with Gasteiger partial charge < -0.3 is 25.4 Å². The van der Waals surface area contributed by atoms with Gasteiger partial charge in [-0.1, -0.05) is 18.2 Å². The zero-order valence-electron chi connectivity index (χ0n) is 19.5. The van der Waals surface area contributed by atoms with Gasteiger partial charge in [0.05, 0.1) is 25.5 Å². The van der Waals surface area contributed by atoms with Crippen molar-refractivity contribution in [2.75, 3.05) is 31.9 Å². The number of ether oxygens (including phenoxy) is 2. The van der Waals surface area contributed by atoms with Crippen LogP contribution in [-0.2, 0) is 0 Å². The molecular weight excluding hydrogens is 446 g/mol. The van der Waals surface area contributed by atoms with Gasteiger partial charge in [0.2, 0.25) is 0 Å². The summed E-state index contributed by atoms with van der Waals surface area (Å²) in [6, 6.07) is 21.3. The molecule has 0 unspecified atom stereocenters. The number of benzene rings is 3. The maximum atomic E-state index is 13.4. The minimum atomic E-state index is -0.348. The summed E-state index contributed by atoms with van der Waals surface area (Å²) in [5, 5.41) is 12.8. The number of methoxy groups -OCH3 is 2. The maximum absolute atomic E-state index is 13.4. The van der Waals surface area contributed by atoms with Crippen LogP contribution in [0, 0.1) is 0 Å². The minimum absolute atomic E-state index is 0.327. The van der Waals surface area contributed by atoms with E-state index in [1.807, 2.05) is 30.3 Å². The Morgan fingerprint density at radius 3 is 2.17 bits per heavy atom. The van der Waals surface area contributed by atoms with Gasteiger partial charge in [-0.05, 0) is 54.6 Å². The molecule has 0 aliphatic rings. The van der Waals surface area contributed by atoms with Crippen LogP contribution in [0.1, 0.15) is 10.4 Å². The monoisotopic (exact) mass is 471 g/mol. The lowest BCUT2D eigenvalue weighted by Crippen LogP contribution is -2.24. The number of urea groups is 1. The van der Waals surface area contributed by atoms with E-state index in [4.69, 9.17) is 14.6 Å². The molecule has 0 saturated carbocycles. The number of anilines is 2. The molecule has 3 N–H and O–H groups in total. The van der Waals surface area contributed by atoms with Crippen molar-refractivity contribution in [2.45, 2.75) is 0 Å². The Morgan fingerprint density at radius 1 is 0.857 bits per heavy atom. The molecule has 0 radical (unpaired) electrons. The average molecular weight is 472 g/mol. The van der Waals surface area contributed by atoms with E-state index >= 15 is 0 Å². The third-order valence-electron chi connectivity index (χ3n) is 5.27. The van der Waals surface area contributed by atoms with Crippen molar-refractivity contribution in [3.8, 4) is 28.4 Å². The summed E-state index contributed by atoms with van der Waals surface area (Å²) >= 11 is 0. The highest BCUT2D eigenvalue weighted by Crippen LogP contribution is 2.35. The largest absolute Gasteiger partial charge is 0.497 e. The highest BCUT2D eigenvalue weighted by atomic mass is 16.5. The first kappa shape index (κ1) is 23.4. The first-order valence-electron chi connectivity index (χ1n) is 10.8. The van der Waals surface area contributed by atoms with Crippen LogP contribution in [-0.4, -0.2) is 43.0 Å². The molecule has 1 heterocycles. The van der Waals surface area contributed by atoms with Gasteiger partial charge in [0.15, 0.2) is 0 Å². The van der Waals surface area contributed by atoms with E-state index in [1.54, 1.807) is 67.6 Å². The standard InChI is InChI=1S/C26H25N5O4/c1-27-26(33)29-18-11-9-17(10-12-18)28-25(32)22-16-31(19-7-5-4-6-8-19)30-24(22)21-15-20(34-2)13-14-23(21)35-3/h4-16H,1-3H3,(H,28,32)(H2,27,29,33). The topological polar surface area (TPSA) is 107 Å². The molecule has 4 rings (SSSR count). The number of carbonyl (C=O) groups excluding carboxylic acids is 2. The zero-order valence-corrected chi connectivity index (χ0v) is 19.5. The van der Waals surface area contributed by atoms with E-state index in [0.717, 1.165) is 5.69 Å². The predicted molar refractivity (Wildman–Crippen MR) is 135 cm³/mol. The van der Waals surface area contributed by atoms with Gasteiger partial charge >= 0.3 is 6.03 Å². The van der Waals surface area contributed by atoms with Crippen LogP contribution < -0.4 is 25.4 Å². The molecule has 0 atom stereocenters. The quantitative estimate of drug-likeness (QED) is 0.366. The summed E-state index contributed by atoms with van der Waals surface area (Å²) < 4.78 is 12.6. The number of rotatable bonds is 7. The molecule has 9 heteroatoms. The van der Waals surface area contributed by atoms with Crippen LogP contribution >= 0.6 is 0 Å². The molecular formula is C26H25N5O4. The van der Waals surface area contributed by atoms with Gasteiger partial charge in [0.1, 0.15) is 17.2 Å². The van der Waals surface area contributed by atoms with Crippen LogP contribution in [0.3, 0.4) is 0 Å². The summed E-state index contributed by atoms with van der Waals surface area (Å²) in [6.45, 7) is 0. The number of para-hydroxylation sites is 1. The molecule has 1 aromatic heterocycles. The Bertz CT molecular complexity index is 1330. The molecule has 0 bridgehead atoms. The molecule has 0 fully saturated rings. The predicted octanol–water partition coefficient (Wildman–Crippen LogP) is 4.56. The van der Waals surface area contributed by atoms with E-state index in [2.05, 4.69) is 16.0 Å². The van der Waals surface area contributed by atoms with Gasteiger partial charge in [0.25, 0.3) is 5.91 Å². The molecule has 0 aliphatic carbocycles. The highest BCUT2D eigenvalue weighted by molar-refractivity contribution is 6.08. The summed E-state index contributed by atoms with van der Waals surface area (Å²) in [6.07, 6.45) is 1.68. The molecule has 3 amide bonds. The second kappa shape index (κ2) is 10.4. The number of carbonyl (C=O) groups is 2. The second-order valence-electron chi connectivity index (χ2n) is 7.47. The smallest absolute Gasteiger partial charge is 0.318 e. The van der Waals surface area contributed by atoms with E-state index in [1.165, 1.54) is 7.05 Å². The number of hydrogen-bond donors (Lipinski definition) is 3. The summed E-state index contributed by atoms with van der Waals surface area (Å²) in [5.74, 6) is 0.822. The molecule has 178 valence electrons. The van der Waals surface area contributed by atoms with Gasteiger partial charge in [-0.2, -0.15) is 5.10 Å². The number of aromatic nitrogens is 2. The first-order valence-corrected chi connectivity index (χ1v) is 10.8. The van der Waals surface area contributed by atoms with E-state index in [9.17, 15) is 9.59 Å². The van der Waals surface area contributed by atoms with Crippen LogP contribution in [0.15, 0.2) is 79.0 Å². The molecule has 3 aromatic carbocycles. The lowest BCUT2D eigenvalue weighted by atomic mass is 10.1. The van der Waals surface area contributed by atoms with Gasteiger partial charge in [-0.3, -0.25) is 4.79 Å². The highest BCUT2D eigenvalue weighted by Gasteiger charge is 2.22. The number of nitrogens with one attached hydrogen (secondary N) is 3. The van der Waals surface area contributed by atoms with Crippen molar-refractivity contribution in [3.05, 3.63) is 84.6 Å². The number of nitrogens with zero attached hydrogens (tertiary/aromatic N) is 2. The lowest BCUT2D eigenvalue weighted by molar-refractivity contribution is 0.102. The fourth-order valence-electron chi connectivity index (χ4n) is 3.48. The summed E-state index contributed by atoms with van der Waals surface area (Å²) in [4.78, 5) is 24.9. The van der Waals surface area contributed by atoms with Crippen molar-refractivity contribution in [1.29, 1.82) is 0 Å². The molecule has 9 nitrogen and oxygen atoms in total. The van der Waals surface area contributed by atoms with Crippen LogP contribution in [0.5, 0.6) is 11.5 Å². The Morgan fingerprint density at radius 2 is 1.54 bits per heavy atom. The lowest BCUT2D eigenvalue weighted by Gasteiger charge is -2.11. The van der Waals surface area contributed by atoms with Crippen molar-refractivity contribution in [1.82, 2.24) is 15.1 Å². The van der Waals surface area contributed by atoms with E-state index in [-0.39, 0.29) is 11.9 Å². The molecule has 35 heavy (non-hydrogen) atoms. The third-order valence-corrected chi connectivity index (χ3v) is 5.27. The van der Waals surface area contributed by atoms with Crippen LogP contribution in [0.2, 0.25) is 0 Å². The van der Waals surface area contributed by atoms with Gasteiger partial charge in [-0.15, -0.1) is 0 Å². The van der Waals surface area contributed by atoms with Crippen molar-refractivity contribution >= 4 is 23.3 Å². The van der Waals surface area contributed by atoms with Crippen molar-refractivity contribution in [2.24, 2.45) is 0 Å². The minimum Gasteiger partial charge on any atom is -0.497 e.